The van der Waals surface area contributed by atoms with Gasteiger partial charge in [0.05, 0.1) is 5.02 Å². The van der Waals surface area contributed by atoms with Gasteiger partial charge in [0, 0.05) is 39.7 Å². The quantitative estimate of drug-likeness (QED) is 0.207. The average Bonchev–Trinajstić information content (AvgIpc) is 2.71. The molecule has 1 aliphatic rings. The molecule has 0 saturated heterocycles. The zero-order valence-electron chi connectivity index (χ0n) is 16.9. The van der Waals surface area contributed by atoms with Crippen molar-refractivity contribution in [2.45, 2.75) is 36.8 Å². The van der Waals surface area contributed by atoms with Gasteiger partial charge in [-0.2, -0.15) is 0 Å². The van der Waals surface area contributed by atoms with Gasteiger partial charge >= 0.3 is 0 Å². The van der Waals surface area contributed by atoms with E-state index in [1.165, 1.54) is 12.3 Å². The lowest BCUT2D eigenvalue weighted by Gasteiger charge is -2.43. The van der Waals surface area contributed by atoms with Crippen LogP contribution in [-0.2, 0) is 0 Å². The van der Waals surface area contributed by atoms with Crippen molar-refractivity contribution in [3.63, 3.8) is 0 Å². The summed E-state index contributed by atoms with van der Waals surface area (Å²) >= 11 is 7.94. The SMILES string of the molecule is CC(/C=N/O)CC1CC(C)C1Sc1cc(C(=O)Nc2cc(F)c(F)c(F)c2)ccc1Cl. The van der Waals surface area contributed by atoms with Gasteiger partial charge in [-0.05, 0) is 48.8 Å². The van der Waals surface area contributed by atoms with Gasteiger partial charge in [-0.3, -0.25) is 4.79 Å². The second-order valence-electron chi connectivity index (χ2n) is 7.89. The van der Waals surface area contributed by atoms with Gasteiger partial charge in [0.1, 0.15) is 0 Å². The van der Waals surface area contributed by atoms with Crippen LogP contribution in [0.2, 0.25) is 5.02 Å². The molecule has 4 nitrogen and oxygen atoms in total. The first kappa shape index (κ1) is 23.5. The summed E-state index contributed by atoms with van der Waals surface area (Å²) < 4.78 is 39.9. The fourth-order valence-corrected chi connectivity index (χ4v) is 5.50. The molecule has 0 aliphatic heterocycles. The van der Waals surface area contributed by atoms with Crippen LogP contribution in [0.15, 0.2) is 40.4 Å². The number of hydrogen-bond acceptors (Lipinski definition) is 4. The smallest absolute Gasteiger partial charge is 0.255 e. The highest BCUT2D eigenvalue weighted by molar-refractivity contribution is 8.00. The first-order valence-corrected chi connectivity index (χ1v) is 11.0. The van der Waals surface area contributed by atoms with Crippen LogP contribution in [0, 0.1) is 35.2 Å². The summed E-state index contributed by atoms with van der Waals surface area (Å²) in [5.74, 6) is -3.91. The van der Waals surface area contributed by atoms with Crippen LogP contribution in [0.3, 0.4) is 0 Å². The Morgan fingerprint density at radius 1 is 1.32 bits per heavy atom. The van der Waals surface area contributed by atoms with Crippen molar-refractivity contribution in [3.8, 4) is 0 Å². The maximum atomic E-state index is 13.4. The molecule has 1 fully saturated rings. The molecule has 9 heteroatoms. The first-order valence-electron chi connectivity index (χ1n) is 9.79. The van der Waals surface area contributed by atoms with Crippen LogP contribution in [0.1, 0.15) is 37.0 Å². The topological polar surface area (TPSA) is 61.7 Å². The van der Waals surface area contributed by atoms with E-state index < -0.39 is 23.4 Å². The molecule has 2 aromatic rings. The summed E-state index contributed by atoms with van der Waals surface area (Å²) in [6.45, 7) is 4.14. The molecule has 2 N–H and O–H groups in total. The highest BCUT2D eigenvalue weighted by Gasteiger charge is 2.39. The second kappa shape index (κ2) is 9.96. The van der Waals surface area contributed by atoms with E-state index in [1.54, 1.807) is 23.9 Å². The molecule has 166 valence electrons. The van der Waals surface area contributed by atoms with Crippen molar-refractivity contribution in [1.82, 2.24) is 0 Å². The van der Waals surface area contributed by atoms with Crippen molar-refractivity contribution in [2.75, 3.05) is 5.32 Å². The normalized spacial score (nSPS) is 21.7. The molecule has 2 aromatic carbocycles. The molecule has 4 unspecified atom stereocenters. The van der Waals surface area contributed by atoms with E-state index >= 15 is 0 Å². The van der Waals surface area contributed by atoms with Crippen LogP contribution in [0.25, 0.3) is 0 Å². The van der Waals surface area contributed by atoms with E-state index in [1.807, 2.05) is 6.92 Å². The van der Waals surface area contributed by atoms with Gasteiger partial charge in [-0.1, -0.05) is 25.4 Å². The van der Waals surface area contributed by atoms with Crippen LogP contribution >= 0.6 is 23.4 Å². The largest absolute Gasteiger partial charge is 0.411 e. The average molecular weight is 471 g/mol. The molecule has 4 atom stereocenters. The number of rotatable bonds is 7. The molecule has 0 radical (unpaired) electrons. The summed E-state index contributed by atoms with van der Waals surface area (Å²) in [7, 11) is 0. The zero-order valence-corrected chi connectivity index (χ0v) is 18.5. The lowest BCUT2D eigenvalue weighted by atomic mass is 9.71. The standard InChI is InChI=1S/C22H22ClF3N2O2S/c1-11(10-27-30)5-14-6-12(2)21(14)31-19-7-13(3-4-16(19)23)22(29)28-15-8-17(24)20(26)18(25)9-15/h3-4,7-12,14,21,30H,5-6H2,1-2H3,(H,28,29)/b27-10+. The Hall–Kier alpha value is -2.19. The number of amides is 1. The Bertz CT molecular complexity index is 982. The lowest BCUT2D eigenvalue weighted by molar-refractivity contribution is 0.102. The molecule has 1 saturated carbocycles. The third-order valence-corrected chi connectivity index (χ3v) is 7.55. The van der Waals surface area contributed by atoms with E-state index in [0.29, 0.717) is 22.1 Å². The molecular formula is C22H22ClF3N2O2S. The summed E-state index contributed by atoms with van der Waals surface area (Å²) in [6.07, 6.45) is 3.45. The van der Waals surface area contributed by atoms with Gasteiger partial charge in [0.25, 0.3) is 5.91 Å². The monoisotopic (exact) mass is 470 g/mol. The number of benzene rings is 2. The number of nitrogens with one attached hydrogen (secondary N) is 1. The van der Waals surface area contributed by atoms with E-state index in [-0.39, 0.29) is 17.2 Å². The number of carbonyl (C=O) groups is 1. The number of anilines is 1. The van der Waals surface area contributed by atoms with Crippen molar-refractivity contribution < 1.29 is 23.2 Å². The predicted octanol–water partition coefficient (Wildman–Crippen LogP) is 6.61. The van der Waals surface area contributed by atoms with E-state index in [4.69, 9.17) is 16.8 Å². The molecular weight excluding hydrogens is 449 g/mol. The summed E-state index contributed by atoms with van der Waals surface area (Å²) in [5.41, 5.74) is 0.0825. The minimum Gasteiger partial charge on any atom is -0.411 e. The minimum atomic E-state index is -1.59. The van der Waals surface area contributed by atoms with Gasteiger partial charge < -0.3 is 10.5 Å². The summed E-state index contributed by atoms with van der Waals surface area (Å²) in [6, 6.07) is 6.20. The van der Waals surface area contributed by atoms with Gasteiger partial charge in [-0.25, -0.2) is 13.2 Å². The third kappa shape index (κ3) is 5.54. The molecule has 0 heterocycles. The Morgan fingerprint density at radius 3 is 2.61 bits per heavy atom. The summed E-state index contributed by atoms with van der Waals surface area (Å²) in [5, 5.41) is 15.0. The maximum Gasteiger partial charge on any atom is 0.255 e. The van der Waals surface area contributed by atoms with E-state index in [9.17, 15) is 18.0 Å². The Balaban J connectivity index is 1.73. The molecule has 3 rings (SSSR count). The molecule has 0 aromatic heterocycles. The maximum absolute atomic E-state index is 13.4. The van der Waals surface area contributed by atoms with Crippen LogP contribution < -0.4 is 5.32 Å². The summed E-state index contributed by atoms with van der Waals surface area (Å²) in [4.78, 5) is 13.3. The Morgan fingerprint density at radius 2 is 2.00 bits per heavy atom. The first-order chi connectivity index (χ1) is 14.7. The lowest BCUT2D eigenvalue weighted by Crippen LogP contribution is -2.38. The predicted molar refractivity (Wildman–Crippen MR) is 117 cm³/mol. The molecule has 0 bridgehead atoms. The number of oxime groups is 1. The second-order valence-corrected chi connectivity index (χ2v) is 9.51. The molecule has 31 heavy (non-hydrogen) atoms. The van der Waals surface area contributed by atoms with E-state index in [2.05, 4.69) is 17.4 Å². The van der Waals surface area contributed by atoms with E-state index in [0.717, 1.165) is 29.9 Å². The Kier molecular flexibility index (Phi) is 7.54. The highest BCUT2D eigenvalue weighted by atomic mass is 35.5. The fraction of sp³-hybridized carbons (Fsp3) is 0.364. The molecule has 0 spiro atoms. The third-order valence-electron chi connectivity index (χ3n) is 5.39. The van der Waals surface area contributed by atoms with Crippen LogP contribution in [-0.4, -0.2) is 22.6 Å². The number of nitrogens with zero attached hydrogens (tertiary/aromatic N) is 1. The number of thioether (sulfide) groups is 1. The van der Waals surface area contributed by atoms with Crippen molar-refractivity contribution in [2.24, 2.45) is 22.9 Å². The minimum absolute atomic E-state index is 0.148. The van der Waals surface area contributed by atoms with Crippen LogP contribution in [0.5, 0.6) is 0 Å². The van der Waals surface area contributed by atoms with Gasteiger partial charge in [0.15, 0.2) is 17.5 Å². The number of carbonyl (C=O) groups excluding carboxylic acids is 1. The molecule has 1 aliphatic carbocycles. The Labute approximate surface area is 187 Å². The van der Waals surface area contributed by atoms with Crippen LogP contribution in [0.4, 0.5) is 18.9 Å². The zero-order chi connectivity index (χ0) is 22.7. The number of halogens is 4. The number of hydrogen-bond donors (Lipinski definition) is 2. The highest BCUT2D eigenvalue weighted by Crippen LogP contribution is 2.49. The fourth-order valence-electron chi connectivity index (χ4n) is 3.82. The van der Waals surface area contributed by atoms with Gasteiger partial charge in [-0.15, -0.1) is 16.9 Å². The van der Waals surface area contributed by atoms with Crippen molar-refractivity contribution >= 4 is 41.2 Å². The molecule has 1 amide bonds. The van der Waals surface area contributed by atoms with Crippen molar-refractivity contribution in [3.05, 3.63) is 58.4 Å². The van der Waals surface area contributed by atoms with Crippen molar-refractivity contribution in [1.29, 1.82) is 0 Å². The van der Waals surface area contributed by atoms with Gasteiger partial charge in [0.2, 0.25) is 0 Å².